The number of benzene rings is 3. The lowest BCUT2D eigenvalue weighted by Gasteiger charge is -2.37. The topological polar surface area (TPSA) is 122 Å². The van der Waals surface area contributed by atoms with E-state index in [9.17, 15) is 4.79 Å². The number of hydrogen-bond donors (Lipinski definition) is 4. The van der Waals surface area contributed by atoms with Gasteiger partial charge in [-0.15, -0.1) is 12.8 Å². The first-order chi connectivity index (χ1) is 23.3. The molecule has 0 unspecified atom stereocenters. The van der Waals surface area contributed by atoms with Crippen LogP contribution in [0.25, 0.3) is 21.9 Å². The van der Waals surface area contributed by atoms with Crippen molar-refractivity contribution in [2.75, 3.05) is 50.6 Å². The highest BCUT2D eigenvalue weighted by Gasteiger charge is 2.23. The second-order valence-electron chi connectivity index (χ2n) is 11.0. The van der Waals surface area contributed by atoms with Crippen molar-refractivity contribution in [2.24, 2.45) is 0 Å². The Balaban J connectivity index is 0.000000351. The normalized spacial score (nSPS) is 12.0. The van der Waals surface area contributed by atoms with E-state index in [1.54, 1.807) is 20.5 Å². The third kappa shape index (κ3) is 8.70. The van der Waals surface area contributed by atoms with Crippen LogP contribution in [0.15, 0.2) is 79.4 Å². The molecule has 1 amide bonds. The summed E-state index contributed by atoms with van der Waals surface area (Å²) in [6, 6.07) is 20.1. The second kappa shape index (κ2) is 17.8. The van der Waals surface area contributed by atoms with Crippen molar-refractivity contribution in [1.29, 1.82) is 5.41 Å². The SMILES string of the molecule is C#C.C=C(Nc1ccc(C)cc1)N1CCN(c2ncnc3[nH]c4cc(CC)c(OC)cc4c23)CC1.C=N.CNC(=O)c1ccc(C)cc1. The summed E-state index contributed by atoms with van der Waals surface area (Å²) in [7, 11) is 3.35. The van der Waals surface area contributed by atoms with E-state index < -0.39 is 0 Å². The van der Waals surface area contributed by atoms with Gasteiger partial charge in [0.1, 0.15) is 23.5 Å². The van der Waals surface area contributed by atoms with Gasteiger partial charge in [0, 0.05) is 55.4 Å². The Morgan fingerprint density at radius 1 is 0.979 bits per heavy atom. The number of terminal acetylenes is 1. The van der Waals surface area contributed by atoms with Crippen molar-refractivity contribution in [3.05, 3.63) is 102 Å². The summed E-state index contributed by atoms with van der Waals surface area (Å²) in [5.74, 6) is 2.76. The molecule has 1 aliphatic heterocycles. The molecule has 2 aromatic heterocycles. The zero-order valence-corrected chi connectivity index (χ0v) is 28.6. The molecule has 0 radical (unpaired) electrons. The van der Waals surface area contributed by atoms with E-state index >= 15 is 0 Å². The number of methoxy groups -OCH3 is 1. The molecule has 48 heavy (non-hydrogen) atoms. The summed E-state index contributed by atoms with van der Waals surface area (Å²) in [5, 5.41) is 13.7. The number of anilines is 2. The van der Waals surface area contributed by atoms with Gasteiger partial charge in [-0.05, 0) is 68.9 Å². The fraction of sp³-hybridized carbons (Fsp3) is 0.263. The maximum Gasteiger partial charge on any atom is 0.251 e. The zero-order valence-electron chi connectivity index (χ0n) is 28.6. The average molecular weight is 647 g/mol. The molecule has 3 heterocycles. The molecule has 5 aromatic rings. The average Bonchev–Trinajstić information content (AvgIpc) is 3.51. The number of piperazine rings is 1. The van der Waals surface area contributed by atoms with E-state index in [1.807, 2.05) is 31.2 Å². The van der Waals surface area contributed by atoms with Gasteiger partial charge < -0.3 is 35.6 Å². The predicted molar refractivity (Wildman–Crippen MR) is 199 cm³/mol. The highest BCUT2D eigenvalue weighted by Crippen LogP contribution is 2.35. The summed E-state index contributed by atoms with van der Waals surface area (Å²) >= 11 is 0. The van der Waals surface area contributed by atoms with Crippen LogP contribution >= 0.6 is 0 Å². The summed E-state index contributed by atoms with van der Waals surface area (Å²) in [4.78, 5) is 28.3. The van der Waals surface area contributed by atoms with E-state index in [1.165, 1.54) is 11.1 Å². The summed E-state index contributed by atoms with van der Waals surface area (Å²) in [5.41, 5.74) is 7.29. The Kier molecular flexibility index (Phi) is 13.6. The number of ether oxygens (including phenoxy) is 1. The van der Waals surface area contributed by atoms with Gasteiger partial charge in [-0.25, -0.2) is 9.97 Å². The smallest absolute Gasteiger partial charge is 0.251 e. The lowest BCUT2D eigenvalue weighted by molar-refractivity contribution is 0.0963. The van der Waals surface area contributed by atoms with Crippen LogP contribution in [0.5, 0.6) is 5.75 Å². The Hall–Kier alpha value is -5.82. The molecule has 250 valence electrons. The van der Waals surface area contributed by atoms with Crippen LogP contribution in [0.3, 0.4) is 0 Å². The van der Waals surface area contributed by atoms with Crippen LogP contribution in [-0.4, -0.2) is 72.8 Å². The van der Waals surface area contributed by atoms with Gasteiger partial charge in [-0.1, -0.05) is 48.9 Å². The first kappa shape index (κ1) is 36.6. The minimum Gasteiger partial charge on any atom is -0.496 e. The van der Waals surface area contributed by atoms with Crippen LogP contribution in [0.1, 0.15) is 34.0 Å². The van der Waals surface area contributed by atoms with Gasteiger partial charge in [-0.2, -0.15) is 0 Å². The molecule has 1 saturated heterocycles. The molecule has 1 aliphatic rings. The standard InChI is InChI=1S/C26H30N6O.C9H11NO.C2H2.CH3N/c1-5-19-14-22-21(15-23(19)33-4)24-25(30-22)27-16-28-26(24)32-12-10-31(11-13-32)18(3)29-20-8-6-17(2)7-9-20;1-7-3-5-8(6-4-7)9(11)10-2;2*1-2/h6-9,14-16,29H,3,5,10-13H2,1-2,4H3,(H,27,28,30);3-6H,1-2H3,(H,10,11);1-2H;2H,1H2. The Morgan fingerprint density at radius 2 is 1.58 bits per heavy atom. The van der Waals surface area contributed by atoms with Crippen molar-refractivity contribution in [2.45, 2.75) is 27.2 Å². The summed E-state index contributed by atoms with van der Waals surface area (Å²) in [6.07, 6.45) is 10.6. The van der Waals surface area contributed by atoms with Gasteiger partial charge in [0.25, 0.3) is 5.91 Å². The third-order valence-corrected chi connectivity index (χ3v) is 7.99. The number of hydrogen-bond acceptors (Lipinski definition) is 8. The Morgan fingerprint density at radius 3 is 2.15 bits per heavy atom. The highest BCUT2D eigenvalue weighted by molar-refractivity contribution is 6.11. The summed E-state index contributed by atoms with van der Waals surface area (Å²) < 4.78 is 5.65. The van der Waals surface area contributed by atoms with Gasteiger partial charge in [-0.3, -0.25) is 4.79 Å². The molecule has 10 nitrogen and oxygen atoms in total. The van der Waals surface area contributed by atoms with Crippen molar-refractivity contribution >= 4 is 46.1 Å². The molecular weight excluding hydrogens is 600 g/mol. The first-order valence-corrected chi connectivity index (χ1v) is 15.6. The molecule has 0 aliphatic carbocycles. The molecule has 1 fully saturated rings. The minimum atomic E-state index is -0.0370. The zero-order chi connectivity index (χ0) is 35.2. The lowest BCUT2D eigenvalue weighted by atomic mass is 10.1. The van der Waals surface area contributed by atoms with Gasteiger partial charge in [0.05, 0.1) is 18.3 Å². The lowest BCUT2D eigenvalue weighted by Crippen LogP contribution is -2.47. The number of nitrogens with zero attached hydrogens (tertiary/aromatic N) is 4. The van der Waals surface area contributed by atoms with Crippen LogP contribution in [0, 0.1) is 32.1 Å². The van der Waals surface area contributed by atoms with E-state index in [0.29, 0.717) is 5.56 Å². The van der Waals surface area contributed by atoms with Gasteiger partial charge in [0.2, 0.25) is 0 Å². The third-order valence-electron chi connectivity index (χ3n) is 7.99. The molecular formula is C38H46N8O2. The fourth-order valence-corrected chi connectivity index (χ4v) is 5.41. The molecule has 3 aromatic carbocycles. The molecule has 0 atom stereocenters. The second-order valence-corrected chi connectivity index (χ2v) is 11.0. The van der Waals surface area contributed by atoms with E-state index in [0.717, 1.165) is 83.2 Å². The van der Waals surface area contributed by atoms with E-state index in [2.05, 4.69) is 107 Å². The quantitative estimate of drug-likeness (QED) is 0.117. The number of nitrogens with one attached hydrogen (secondary N) is 4. The molecule has 4 N–H and O–H groups in total. The van der Waals surface area contributed by atoms with Crippen LogP contribution in [0.2, 0.25) is 0 Å². The molecule has 0 saturated carbocycles. The number of carbonyl (C=O) groups excluding carboxylic acids is 1. The van der Waals surface area contributed by atoms with Gasteiger partial charge in [0.15, 0.2) is 0 Å². The van der Waals surface area contributed by atoms with Crippen molar-refractivity contribution in [3.8, 4) is 18.6 Å². The van der Waals surface area contributed by atoms with Crippen LogP contribution < -0.4 is 20.3 Å². The van der Waals surface area contributed by atoms with E-state index in [-0.39, 0.29) is 5.91 Å². The number of aromatic nitrogens is 3. The number of amides is 1. The maximum absolute atomic E-state index is 11.0. The number of fused-ring (bicyclic) bond motifs is 3. The number of aromatic amines is 1. The minimum absolute atomic E-state index is 0.0370. The fourth-order valence-electron chi connectivity index (χ4n) is 5.41. The Labute approximate surface area is 283 Å². The summed E-state index contributed by atoms with van der Waals surface area (Å²) in [6.45, 7) is 16.4. The molecule has 0 bridgehead atoms. The number of H-pyrrole nitrogens is 1. The van der Waals surface area contributed by atoms with Crippen molar-refractivity contribution < 1.29 is 9.53 Å². The number of carbonyl (C=O) groups is 1. The number of rotatable bonds is 7. The predicted octanol–water partition coefficient (Wildman–Crippen LogP) is 6.57. The van der Waals surface area contributed by atoms with Crippen molar-refractivity contribution in [3.63, 3.8) is 0 Å². The monoisotopic (exact) mass is 646 g/mol. The highest BCUT2D eigenvalue weighted by atomic mass is 16.5. The van der Waals surface area contributed by atoms with Crippen LogP contribution in [-0.2, 0) is 6.42 Å². The Bertz CT molecular complexity index is 1820. The molecule has 0 spiro atoms. The first-order valence-electron chi connectivity index (χ1n) is 15.6. The van der Waals surface area contributed by atoms with Crippen LogP contribution in [0.4, 0.5) is 11.5 Å². The molecule has 10 heteroatoms. The van der Waals surface area contributed by atoms with Crippen molar-refractivity contribution in [1.82, 2.24) is 25.2 Å². The number of aryl methyl sites for hydroxylation is 3. The van der Waals surface area contributed by atoms with E-state index in [4.69, 9.17) is 15.1 Å². The largest absolute Gasteiger partial charge is 0.496 e. The molecule has 6 rings (SSSR count). The van der Waals surface area contributed by atoms with Gasteiger partial charge >= 0.3 is 0 Å². The maximum atomic E-state index is 11.0.